The van der Waals surface area contributed by atoms with Crippen molar-refractivity contribution in [1.82, 2.24) is 37.8 Å². The van der Waals surface area contributed by atoms with Gasteiger partial charge in [-0.25, -0.2) is 0 Å². The molecular formula is C64H37F3N8. The van der Waals surface area contributed by atoms with Crippen molar-refractivity contribution >= 4 is 109 Å². The highest BCUT2D eigenvalue weighted by Gasteiger charge is 2.45. The summed E-state index contributed by atoms with van der Waals surface area (Å²) >= 11 is 0. The van der Waals surface area contributed by atoms with Gasteiger partial charge in [-0.1, -0.05) is 127 Å². The monoisotopic (exact) mass is 974 g/mol. The molecule has 75 heavy (non-hydrogen) atoms. The van der Waals surface area contributed by atoms with E-state index in [2.05, 4.69) is 65.1 Å². The molecular weight excluding hydrogens is 938 g/mol. The summed E-state index contributed by atoms with van der Waals surface area (Å²) in [6, 6.07) is 61.4. The third-order valence-electron chi connectivity index (χ3n) is 15.4. The molecule has 0 spiro atoms. The summed E-state index contributed by atoms with van der Waals surface area (Å²) < 4.78 is 65.5. The lowest BCUT2D eigenvalue weighted by atomic mass is 9.99. The molecule has 0 aliphatic carbocycles. The summed E-state index contributed by atoms with van der Waals surface area (Å²) in [4.78, 5) is 13.9. The predicted octanol–water partition coefficient (Wildman–Crippen LogP) is 16.4. The number of hydrogen-bond acceptors (Lipinski definition) is 3. The van der Waals surface area contributed by atoms with Crippen LogP contribution in [0.3, 0.4) is 0 Å². The van der Waals surface area contributed by atoms with E-state index in [-0.39, 0.29) is 11.4 Å². The van der Waals surface area contributed by atoms with Crippen LogP contribution in [-0.4, -0.2) is 37.8 Å². The van der Waals surface area contributed by atoms with E-state index >= 15 is 13.2 Å². The molecule has 8 heterocycles. The van der Waals surface area contributed by atoms with Crippen LogP contribution in [0.25, 0.3) is 137 Å². The second-order valence-corrected chi connectivity index (χ2v) is 19.1. The summed E-state index contributed by atoms with van der Waals surface area (Å²) in [6.45, 7) is 0. The van der Waals surface area contributed by atoms with Crippen LogP contribution >= 0.6 is 0 Å². The smallest absolute Gasteiger partial charge is 0.306 e. The van der Waals surface area contributed by atoms with Gasteiger partial charge in [0.05, 0.1) is 83.6 Å². The summed E-state index contributed by atoms with van der Waals surface area (Å²) in [5.74, 6) is 0. The van der Waals surface area contributed by atoms with Crippen LogP contribution in [0.1, 0.15) is 5.56 Å². The maximum Gasteiger partial charge on any atom is 0.420 e. The Labute approximate surface area is 423 Å². The van der Waals surface area contributed by atoms with Crippen molar-refractivity contribution < 1.29 is 13.2 Å². The summed E-state index contributed by atoms with van der Waals surface area (Å²) in [5.41, 5.74) is 7.05. The minimum atomic E-state index is -5.04. The van der Waals surface area contributed by atoms with Gasteiger partial charge in [-0.2, -0.15) is 13.2 Å². The Hall–Kier alpha value is -10.0. The van der Waals surface area contributed by atoms with Crippen LogP contribution in [-0.2, 0) is 6.18 Å². The highest BCUT2D eigenvalue weighted by atomic mass is 19.4. The molecule has 0 aliphatic heterocycles. The molecule has 11 heteroatoms. The van der Waals surface area contributed by atoms with E-state index in [0.717, 1.165) is 87.0 Å². The van der Waals surface area contributed by atoms with Crippen molar-refractivity contribution in [2.24, 2.45) is 0 Å². The van der Waals surface area contributed by atoms with Gasteiger partial charge in [-0.05, 0) is 60.7 Å². The third-order valence-corrected chi connectivity index (χ3v) is 15.4. The standard InChI is InChI=1S/C64H37F3N8/c65-64(66,67)58-59(71-52-26-12-5-19-42(52)45-35-68-32-29-55(45)71)61(73-48-22-8-1-15-38(48)39-16-2-9-23-49(39)73)63(75-54-28-14-7-21-44(54)47-37-70-34-31-57(47)75)62(74-50-24-10-3-17-40(50)41-18-4-11-25-51(41)74)60(58)72-53-27-13-6-20-43(53)46-36-69-33-30-56(46)72/h1-37H. The van der Waals surface area contributed by atoms with Crippen molar-refractivity contribution in [2.45, 2.75) is 6.18 Å². The molecule has 0 unspecified atom stereocenters. The average Bonchev–Trinajstić information content (AvgIpc) is 4.39. The molecule has 0 atom stereocenters. The Morgan fingerprint density at radius 1 is 0.240 bits per heavy atom. The summed E-state index contributed by atoms with van der Waals surface area (Å²) in [7, 11) is 0. The van der Waals surface area contributed by atoms with Crippen molar-refractivity contribution in [1.29, 1.82) is 0 Å². The van der Waals surface area contributed by atoms with E-state index in [0.29, 0.717) is 39.1 Å². The highest BCUT2D eigenvalue weighted by molar-refractivity contribution is 6.17. The van der Waals surface area contributed by atoms with E-state index < -0.39 is 11.7 Å². The Bertz CT molecular complexity index is 4570. The minimum Gasteiger partial charge on any atom is -0.306 e. The first-order chi connectivity index (χ1) is 37.0. The number of benzene rings is 8. The SMILES string of the molecule is FC(F)(F)c1c(-n2c3ccccc3c3cnccc32)c(-n2c3ccccc3c3ccccc32)c(-n2c3ccccc3c3cnccc32)c(-n2c3ccccc3c3ccccc32)c1-n1c2ccccc2c2cnccc21. The molecule has 16 rings (SSSR count). The van der Waals surface area contributed by atoms with Crippen molar-refractivity contribution in [3.63, 3.8) is 0 Å². The maximum absolute atomic E-state index is 18.5. The molecule has 0 fully saturated rings. The summed E-state index contributed by atoms with van der Waals surface area (Å²) in [6.07, 6.45) is 5.44. The van der Waals surface area contributed by atoms with Gasteiger partial charge >= 0.3 is 6.18 Å². The van der Waals surface area contributed by atoms with Gasteiger partial charge in [0.15, 0.2) is 0 Å². The predicted molar refractivity (Wildman–Crippen MR) is 297 cm³/mol. The fraction of sp³-hybridized carbons (Fsp3) is 0.0156. The number of rotatable bonds is 5. The molecule has 16 aromatic rings. The number of halogens is 3. The van der Waals surface area contributed by atoms with Gasteiger partial charge in [0, 0.05) is 91.0 Å². The first-order valence-electron chi connectivity index (χ1n) is 24.7. The number of para-hydroxylation sites is 7. The van der Waals surface area contributed by atoms with Crippen LogP contribution < -0.4 is 0 Å². The number of pyridine rings is 3. The molecule has 0 aliphatic rings. The Morgan fingerprint density at radius 3 is 0.693 bits per heavy atom. The molecule has 0 N–H and O–H groups in total. The molecule has 8 nitrogen and oxygen atoms in total. The van der Waals surface area contributed by atoms with Gasteiger partial charge in [0.25, 0.3) is 0 Å². The molecule has 354 valence electrons. The van der Waals surface area contributed by atoms with Gasteiger partial charge < -0.3 is 22.8 Å². The first-order valence-corrected chi connectivity index (χ1v) is 24.7. The minimum absolute atomic E-state index is 0.0547. The van der Waals surface area contributed by atoms with Crippen LogP contribution in [0.4, 0.5) is 13.2 Å². The number of hydrogen-bond donors (Lipinski definition) is 0. The maximum atomic E-state index is 18.5. The Kier molecular flexibility index (Phi) is 8.47. The molecule has 0 radical (unpaired) electrons. The molecule has 0 saturated carbocycles. The summed E-state index contributed by atoms with van der Waals surface area (Å²) in [5, 5.41) is 8.30. The zero-order chi connectivity index (χ0) is 49.7. The topological polar surface area (TPSA) is 63.3 Å². The fourth-order valence-corrected chi connectivity index (χ4v) is 12.5. The second-order valence-electron chi connectivity index (χ2n) is 19.1. The van der Waals surface area contributed by atoms with Gasteiger partial charge in [-0.15, -0.1) is 0 Å². The van der Waals surface area contributed by atoms with Crippen LogP contribution in [0.15, 0.2) is 225 Å². The largest absolute Gasteiger partial charge is 0.420 e. The van der Waals surface area contributed by atoms with Crippen molar-refractivity contribution in [2.75, 3.05) is 0 Å². The Morgan fingerprint density at radius 2 is 0.440 bits per heavy atom. The Balaban J connectivity index is 1.33. The van der Waals surface area contributed by atoms with Gasteiger partial charge in [-0.3, -0.25) is 15.0 Å². The molecule has 8 aromatic heterocycles. The fourth-order valence-electron chi connectivity index (χ4n) is 12.5. The molecule has 0 saturated heterocycles. The van der Waals surface area contributed by atoms with E-state index in [1.54, 1.807) is 31.0 Å². The first kappa shape index (κ1) is 41.6. The molecule has 8 aromatic carbocycles. The van der Waals surface area contributed by atoms with E-state index in [9.17, 15) is 0 Å². The van der Waals surface area contributed by atoms with E-state index in [4.69, 9.17) is 0 Å². The average molecular weight is 975 g/mol. The van der Waals surface area contributed by atoms with Crippen LogP contribution in [0.5, 0.6) is 0 Å². The van der Waals surface area contributed by atoms with E-state index in [1.807, 2.05) is 167 Å². The van der Waals surface area contributed by atoms with E-state index in [1.165, 1.54) is 0 Å². The van der Waals surface area contributed by atoms with Crippen LogP contribution in [0, 0.1) is 0 Å². The molecule has 0 amide bonds. The number of fused-ring (bicyclic) bond motifs is 15. The van der Waals surface area contributed by atoms with Gasteiger partial charge in [0.2, 0.25) is 0 Å². The zero-order valence-corrected chi connectivity index (χ0v) is 39.6. The zero-order valence-electron chi connectivity index (χ0n) is 39.6. The lowest BCUT2D eigenvalue weighted by Crippen LogP contribution is -2.23. The van der Waals surface area contributed by atoms with Crippen LogP contribution in [0.2, 0.25) is 0 Å². The quantitative estimate of drug-likeness (QED) is 0.173. The molecule has 0 bridgehead atoms. The van der Waals surface area contributed by atoms with Crippen molar-refractivity contribution in [3.8, 4) is 28.4 Å². The number of aromatic nitrogens is 8. The van der Waals surface area contributed by atoms with Crippen molar-refractivity contribution in [3.05, 3.63) is 231 Å². The number of nitrogens with zero attached hydrogens (tertiary/aromatic N) is 8. The van der Waals surface area contributed by atoms with Gasteiger partial charge in [0.1, 0.15) is 5.56 Å². The lowest BCUT2D eigenvalue weighted by molar-refractivity contribution is -0.137. The third kappa shape index (κ3) is 5.58. The number of alkyl halides is 3. The second kappa shape index (κ2) is 15.3. The highest BCUT2D eigenvalue weighted by Crippen LogP contribution is 2.55. The lowest BCUT2D eigenvalue weighted by Gasteiger charge is -2.32. The normalized spacial score (nSPS) is 12.5.